The van der Waals surface area contributed by atoms with Crippen LogP contribution in [0.2, 0.25) is 0 Å². The molecule has 0 unspecified atom stereocenters. The van der Waals surface area contributed by atoms with E-state index in [1.807, 2.05) is 46.8 Å². The topological polar surface area (TPSA) is 46.2 Å². The van der Waals surface area contributed by atoms with E-state index < -0.39 is 11.7 Å². The van der Waals surface area contributed by atoms with Crippen LogP contribution in [0, 0.1) is 26.7 Å². The minimum Gasteiger partial charge on any atom is -0.349 e. The first-order valence-electron chi connectivity index (χ1n) is 6.23. The van der Waals surface area contributed by atoms with Crippen LogP contribution in [-0.2, 0) is 4.79 Å². The minimum atomic E-state index is -0.515. The van der Waals surface area contributed by atoms with Crippen LogP contribution < -0.4 is 5.32 Å². The Hall–Kier alpha value is -1.64. The van der Waals surface area contributed by atoms with Crippen LogP contribution in [0.4, 0.5) is 0 Å². The van der Waals surface area contributed by atoms with Crippen molar-refractivity contribution in [2.45, 2.75) is 34.6 Å². The number of carbonyl (C=O) groups is 2. The standard InChI is InChI=1S/C15H21NO2/c1-9(2)8-16-15(18)14(17)13-11(4)6-10(3)7-12(13)5/h6-7,9H,8H2,1-5H3,(H,16,18). The van der Waals surface area contributed by atoms with E-state index in [1.165, 1.54) is 0 Å². The number of aryl methyl sites for hydroxylation is 3. The smallest absolute Gasteiger partial charge is 0.292 e. The summed E-state index contributed by atoms with van der Waals surface area (Å²) in [6, 6.07) is 3.85. The molecular weight excluding hydrogens is 226 g/mol. The van der Waals surface area contributed by atoms with Gasteiger partial charge < -0.3 is 5.32 Å². The number of benzene rings is 1. The van der Waals surface area contributed by atoms with Gasteiger partial charge in [0.15, 0.2) is 0 Å². The normalized spacial score (nSPS) is 10.6. The van der Waals surface area contributed by atoms with Crippen LogP contribution in [0.5, 0.6) is 0 Å². The van der Waals surface area contributed by atoms with Gasteiger partial charge in [0.05, 0.1) is 0 Å². The van der Waals surface area contributed by atoms with Crippen molar-refractivity contribution >= 4 is 11.7 Å². The number of ketones is 1. The van der Waals surface area contributed by atoms with Crippen LogP contribution in [-0.4, -0.2) is 18.2 Å². The predicted molar refractivity (Wildman–Crippen MR) is 72.8 cm³/mol. The summed E-state index contributed by atoms with van der Waals surface area (Å²) in [6.07, 6.45) is 0. The summed E-state index contributed by atoms with van der Waals surface area (Å²) in [4.78, 5) is 23.9. The van der Waals surface area contributed by atoms with E-state index in [4.69, 9.17) is 0 Å². The van der Waals surface area contributed by atoms with Crippen LogP contribution in [0.25, 0.3) is 0 Å². The fraction of sp³-hybridized carbons (Fsp3) is 0.467. The molecule has 0 atom stereocenters. The quantitative estimate of drug-likeness (QED) is 0.656. The molecule has 1 aromatic carbocycles. The molecule has 0 radical (unpaired) electrons. The number of hydrogen-bond donors (Lipinski definition) is 1. The van der Waals surface area contributed by atoms with Gasteiger partial charge in [-0.25, -0.2) is 0 Å². The summed E-state index contributed by atoms with van der Waals surface area (Å²) in [5, 5.41) is 2.66. The number of nitrogens with one attached hydrogen (secondary N) is 1. The summed E-state index contributed by atoms with van der Waals surface area (Å²) in [5.74, 6) is -0.619. The van der Waals surface area contributed by atoms with Gasteiger partial charge in [-0.2, -0.15) is 0 Å². The number of rotatable bonds is 4. The Morgan fingerprint density at radius 1 is 1.11 bits per heavy atom. The van der Waals surface area contributed by atoms with E-state index in [0.29, 0.717) is 18.0 Å². The average Bonchev–Trinajstić information content (AvgIpc) is 2.24. The van der Waals surface area contributed by atoms with Gasteiger partial charge in [-0.1, -0.05) is 31.5 Å². The molecule has 0 aliphatic carbocycles. The average molecular weight is 247 g/mol. The van der Waals surface area contributed by atoms with Crippen molar-refractivity contribution in [1.82, 2.24) is 5.32 Å². The zero-order valence-corrected chi connectivity index (χ0v) is 11.8. The highest BCUT2D eigenvalue weighted by Gasteiger charge is 2.20. The molecular formula is C15H21NO2. The number of carbonyl (C=O) groups excluding carboxylic acids is 2. The van der Waals surface area contributed by atoms with Gasteiger partial charge in [0, 0.05) is 12.1 Å². The maximum atomic E-state index is 12.1. The first-order chi connectivity index (χ1) is 8.32. The second-order valence-electron chi connectivity index (χ2n) is 5.21. The lowest BCUT2D eigenvalue weighted by Crippen LogP contribution is -2.34. The molecule has 0 saturated carbocycles. The third kappa shape index (κ3) is 3.42. The van der Waals surface area contributed by atoms with Gasteiger partial charge in [0.2, 0.25) is 0 Å². The van der Waals surface area contributed by atoms with Crippen molar-refractivity contribution in [3.8, 4) is 0 Å². The van der Waals surface area contributed by atoms with E-state index in [-0.39, 0.29) is 0 Å². The van der Waals surface area contributed by atoms with E-state index in [0.717, 1.165) is 16.7 Å². The van der Waals surface area contributed by atoms with E-state index >= 15 is 0 Å². The van der Waals surface area contributed by atoms with Crippen molar-refractivity contribution in [3.05, 3.63) is 34.4 Å². The molecule has 0 aliphatic heterocycles. The summed E-state index contributed by atoms with van der Waals surface area (Å²) >= 11 is 0. The first-order valence-corrected chi connectivity index (χ1v) is 6.23. The molecule has 0 heterocycles. The van der Waals surface area contributed by atoms with Crippen LogP contribution >= 0.6 is 0 Å². The van der Waals surface area contributed by atoms with Gasteiger partial charge in [0.25, 0.3) is 11.7 Å². The van der Waals surface area contributed by atoms with Crippen molar-refractivity contribution < 1.29 is 9.59 Å². The molecule has 98 valence electrons. The molecule has 3 heteroatoms. The van der Waals surface area contributed by atoms with E-state index in [2.05, 4.69) is 5.32 Å². The molecule has 1 rings (SSSR count). The Morgan fingerprint density at radius 3 is 2.06 bits per heavy atom. The third-order valence-corrected chi connectivity index (χ3v) is 2.78. The highest BCUT2D eigenvalue weighted by molar-refractivity contribution is 6.43. The summed E-state index contributed by atoms with van der Waals surface area (Å²) in [6.45, 7) is 10.2. The van der Waals surface area contributed by atoms with Gasteiger partial charge in [-0.3, -0.25) is 9.59 Å². The molecule has 1 aromatic rings. The molecule has 0 fully saturated rings. The van der Waals surface area contributed by atoms with E-state index in [1.54, 1.807) is 0 Å². The zero-order chi connectivity index (χ0) is 13.9. The van der Waals surface area contributed by atoms with Crippen molar-refractivity contribution in [2.75, 3.05) is 6.54 Å². The molecule has 18 heavy (non-hydrogen) atoms. The summed E-state index contributed by atoms with van der Waals surface area (Å²) < 4.78 is 0. The Balaban J connectivity index is 2.94. The summed E-state index contributed by atoms with van der Waals surface area (Å²) in [7, 11) is 0. The molecule has 1 amide bonds. The first kappa shape index (κ1) is 14.4. The van der Waals surface area contributed by atoms with Gasteiger partial charge >= 0.3 is 0 Å². The van der Waals surface area contributed by atoms with Crippen LogP contribution in [0.3, 0.4) is 0 Å². The maximum Gasteiger partial charge on any atom is 0.292 e. The summed E-state index contributed by atoms with van der Waals surface area (Å²) in [5.41, 5.74) is 3.35. The van der Waals surface area contributed by atoms with Gasteiger partial charge in [-0.15, -0.1) is 0 Å². The largest absolute Gasteiger partial charge is 0.349 e. The van der Waals surface area contributed by atoms with Gasteiger partial charge in [-0.05, 0) is 37.8 Å². The Bertz CT molecular complexity index is 452. The van der Waals surface area contributed by atoms with Crippen molar-refractivity contribution in [3.63, 3.8) is 0 Å². The van der Waals surface area contributed by atoms with Crippen LogP contribution in [0.15, 0.2) is 12.1 Å². The molecule has 0 aromatic heterocycles. The molecule has 1 N–H and O–H groups in total. The molecule has 0 aliphatic rings. The maximum absolute atomic E-state index is 12.1. The molecule has 0 saturated heterocycles. The fourth-order valence-corrected chi connectivity index (χ4v) is 2.03. The highest BCUT2D eigenvalue weighted by Crippen LogP contribution is 2.17. The Morgan fingerprint density at radius 2 is 1.61 bits per heavy atom. The molecule has 0 bridgehead atoms. The highest BCUT2D eigenvalue weighted by atomic mass is 16.2. The Labute approximate surface area is 109 Å². The minimum absolute atomic E-state index is 0.335. The SMILES string of the molecule is Cc1cc(C)c(C(=O)C(=O)NCC(C)C)c(C)c1. The zero-order valence-electron chi connectivity index (χ0n) is 11.8. The second kappa shape index (κ2) is 5.80. The Kier molecular flexibility index (Phi) is 4.65. The van der Waals surface area contributed by atoms with E-state index in [9.17, 15) is 9.59 Å². The predicted octanol–water partition coefficient (Wildman–Crippen LogP) is 2.57. The van der Waals surface area contributed by atoms with Gasteiger partial charge in [0.1, 0.15) is 0 Å². The monoisotopic (exact) mass is 247 g/mol. The van der Waals surface area contributed by atoms with Crippen molar-refractivity contribution in [1.29, 1.82) is 0 Å². The lowest BCUT2D eigenvalue weighted by Gasteiger charge is -2.11. The number of Topliss-reactive ketones (excluding diaryl/α,β-unsaturated/α-hetero) is 1. The molecule has 3 nitrogen and oxygen atoms in total. The fourth-order valence-electron chi connectivity index (χ4n) is 2.03. The number of hydrogen-bond acceptors (Lipinski definition) is 2. The van der Waals surface area contributed by atoms with Crippen LogP contribution in [0.1, 0.15) is 40.9 Å². The van der Waals surface area contributed by atoms with Crippen molar-refractivity contribution in [2.24, 2.45) is 5.92 Å². The second-order valence-corrected chi connectivity index (χ2v) is 5.21. The lowest BCUT2D eigenvalue weighted by atomic mass is 9.96. The molecule has 0 spiro atoms. The third-order valence-electron chi connectivity index (χ3n) is 2.78. The lowest BCUT2D eigenvalue weighted by molar-refractivity contribution is -0.117. The number of amides is 1.